The van der Waals surface area contributed by atoms with Crippen LogP contribution < -0.4 is 10.1 Å². The summed E-state index contributed by atoms with van der Waals surface area (Å²) >= 11 is 0. The molecule has 8 heteroatoms. The van der Waals surface area contributed by atoms with E-state index in [1.807, 2.05) is 10.9 Å². The molecule has 3 heterocycles. The van der Waals surface area contributed by atoms with E-state index in [4.69, 9.17) is 4.74 Å². The minimum atomic E-state index is -0.505. The summed E-state index contributed by atoms with van der Waals surface area (Å²) < 4.78 is 7.26. The second-order valence-electron chi connectivity index (χ2n) is 4.16. The fraction of sp³-hybridized carbons (Fsp3) is 0.273. The second kappa shape index (κ2) is 4.65. The lowest BCUT2D eigenvalue weighted by molar-refractivity contribution is -0.385. The van der Waals surface area contributed by atoms with Crippen LogP contribution in [0.1, 0.15) is 6.04 Å². The highest BCUT2D eigenvalue weighted by Crippen LogP contribution is 2.21. The van der Waals surface area contributed by atoms with Crippen LogP contribution >= 0.6 is 0 Å². The summed E-state index contributed by atoms with van der Waals surface area (Å²) in [5, 5.41) is 17.9. The molecule has 0 amide bonds. The Balaban J connectivity index is 1.70. The van der Waals surface area contributed by atoms with Crippen molar-refractivity contribution >= 4 is 5.69 Å². The molecular formula is C11H11N5O3. The molecule has 0 atom stereocenters. The highest BCUT2D eigenvalue weighted by molar-refractivity contribution is 5.30. The maximum atomic E-state index is 10.5. The first-order valence-electron chi connectivity index (χ1n) is 5.76. The molecule has 2 aromatic rings. The molecule has 8 nitrogen and oxygen atoms in total. The highest BCUT2D eigenvalue weighted by atomic mass is 16.6. The summed E-state index contributed by atoms with van der Waals surface area (Å²) in [4.78, 5) is 13.8. The number of nitrogens with one attached hydrogen (secondary N) is 1. The standard InChI is InChI=1S/C11H11N5O3/c17-16(18)8-1-2-10(13-7-8)19-11-3-4-15(14-11)9-5-12-6-9/h1-4,7,9,12H,5-6H2. The third kappa shape index (κ3) is 2.38. The van der Waals surface area contributed by atoms with Gasteiger partial charge in [-0.3, -0.25) is 14.8 Å². The monoisotopic (exact) mass is 261 g/mol. The fourth-order valence-corrected chi connectivity index (χ4v) is 1.69. The highest BCUT2D eigenvalue weighted by Gasteiger charge is 2.19. The van der Waals surface area contributed by atoms with E-state index in [0.29, 0.717) is 11.9 Å². The van der Waals surface area contributed by atoms with Crippen LogP contribution in [0.4, 0.5) is 5.69 Å². The van der Waals surface area contributed by atoms with Crippen LogP contribution in [0, 0.1) is 10.1 Å². The average Bonchev–Trinajstić information content (AvgIpc) is 2.76. The van der Waals surface area contributed by atoms with Gasteiger partial charge in [-0.2, -0.15) is 0 Å². The first kappa shape index (κ1) is 11.6. The van der Waals surface area contributed by atoms with Crippen LogP contribution in [-0.4, -0.2) is 32.8 Å². The lowest BCUT2D eigenvalue weighted by Gasteiger charge is -2.26. The molecule has 19 heavy (non-hydrogen) atoms. The number of nitro groups is 1. The van der Waals surface area contributed by atoms with E-state index in [2.05, 4.69) is 15.4 Å². The topological polar surface area (TPSA) is 95.1 Å². The molecule has 1 fully saturated rings. The first-order valence-corrected chi connectivity index (χ1v) is 5.76. The Bertz CT molecular complexity index is 591. The number of pyridine rings is 1. The van der Waals surface area contributed by atoms with Crippen LogP contribution in [0.5, 0.6) is 11.8 Å². The van der Waals surface area contributed by atoms with Crippen molar-refractivity contribution in [3.63, 3.8) is 0 Å². The van der Waals surface area contributed by atoms with Crippen LogP contribution in [0.2, 0.25) is 0 Å². The van der Waals surface area contributed by atoms with Crippen molar-refractivity contribution in [2.24, 2.45) is 0 Å². The van der Waals surface area contributed by atoms with Gasteiger partial charge in [-0.15, -0.1) is 5.10 Å². The van der Waals surface area contributed by atoms with Crippen molar-refractivity contribution in [1.82, 2.24) is 20.1 Å². The molecule has 3 rings (SSSR count). The van der Waals surface area contributed by atoms with Crippen LogP contribution in [0.15, 0.2) is 30.6 Å². The summed E-state index contributed by atoms with van der Waals surface area (Å²) in [6.45, 7) is 1.80. The minimum absolute atomic E-state index is 0.0709. The maximum Gasteiger partial charge on any atom is 0.287 e. The average molecular weight is 261 g/mol. The van der Waals surface area contributed by atoms with E-state index in [-0.39, 0.29) is 11.6 Å². The zero-order valence-electron chi connectivity index (χ0n) is 9.89. The van der Waals surface area contributed by atoms with Gasteiger partial charge in [0.25, 0.3) is 5.69 Å². The van der Waals surface area contributed by atoms with Gasteiger partial charge in [-0.25, -0.2) is 4.98 Å². The smallest absolute Gasteiger partial charge is 0.287 e. The Kier molecular flexibility index (Phi) is 2.84. The largest absolute Gasteiger partial charge is 0.419 e. The lowest BCUT2D eigenvalue weighted by Crippen LogP contribution is -2.43. The number of ether oxygens (including phenoxy) is 1. The van der Waals surface area contributed by atoms with Gasteiger partial charge in [0, 0.05) is 37.5 Å². The van der Waals surface area contributed by atoms with Gasteiger partial charge in [0.2, 0.25) is 11.8 Å². The SMILES string of the molecule is O=[N+]([O-])c1ccc(Oc2ccn(C3CNC3)n2)nc1. The van der Waals surface area contributed by atoms with Crippen molar-refractivity contribution < 1.29 is 9.66 Å². The summed E-state index contributed by atoms with van der Waals surface area (Å²) in [6, 6.07) is 4.89. The van der Waals surface area contributed by atoms with Gasteiger partial charge < -0.3 is 10.1 Å². The maximum absolute atomic E-state index is 10.5. The molecular weight excluding hydrogens is 250 g/mol. The van der Waals surface area contributed by atoms with Crippen molar-refractivity contribution in [3.05, 3.63) is 40.7 Å². The van der Waals surface area contributed by atoms with Gasteiger partial charge >= 0.3 is 0 Å². The van der Waals surface area contributed by atoms with Crippen molar-refractivity contribution in [2.45, 2.75) is 6.04 Å². The van der Waals surface area contributed by atoms with E-state index in [9.17, 15) is 10.1 Å². The molecule has 1 saturated heterocycles. The molecule has 2 aromatic heterocycles. The molecule has 0 spiro atoms. The Hall–Kier alpha value is -2.48. The second-order valence-corrected chi connectivity index (χ2v) is 4.16. The molecule has 1 aliphatic heterocycles. The van der Waals surface area contributed by atoms with Crippen LogP contribution in [0.25, 0.3) is 0 Å². The predicted molar refractivity (Wildman–Crippen MR) is 65.1 cm³/mol. The molecule has 0 bridgehead atoms. The van der Waals surface area contributed by atoms with Crippen molar-refractivity contribution in [2.75, 3.05) is 13.1 Å². The minimum Gasteiger partial charge on any atom is -0.419 e. The zero-order valence-corrected chi connectivity index (χ0v) is 9.89. The normalized spacial score (nSPS) is 14.9. The van der Waals surface area contributed by atoms with Gasteiger partial charge in [-0.1, -0.05) is 0 Å². The number of hydrogen-bond donors (Lipinski definition) is 1. The molecule has 0 aromatic carbocycles. The van der Waals surface area contributed by atoms with E-state index in [0.717, 1.165) is 19.3 Å². The van der Waals surface area contributed by atoms with Crippen molar-refractivity contribution in [3.8, 4) is 11.8 Å². The number of nitrogens with zero attached hydrogens (tertiary/aromatic N) is 4. The fourth-order valence-electron chi connectivity index (χ4n) is 1.69. The quantitative estimate of drug-likeness (QED) is 0.654. The summed E-state index contributed by atoms with van der Waals surface area (Å²) in [6.07, 6.45) is 2.99. The Morgan fingerprint density at radius 2 is 2.21 bits per heavy atom. The van der Waals surface area contributed by atoms with Gasteiger partial charge in [-0.05, 0) is 0 Å². The Morgan fingerprint density at radius 3 is 2.79 bits per heavy atom. The van der Waals surface area contributed by atoms with E-state index in [1.54, 1.807) is 6.07 Å². The number of rotatable bonds is 4. The van der Waals surface area contributed by atoms with Crippen LogP contribution in [0.3, 0.4) is 0 Å². The molecule has 0 aliphatic carbocycles. The summed E-state index contributed by atoms with van der Waals surface area (Å²) in [7, 11) is 0. The predicted octanol–water partition coefficient (Wildman–Crippen LogP) is 1.12. The molecule has 0 saturated carbocycles. The number of hydrogen-bond acceptors (Lipinski definition) is 6. The third-order valence-electron chi connectivity index (χ3n) is 2.86. The third-order valence-corrected chi connectivity index (χ3v) is 2.86. The molecule has 0 radical (unpaired) electrons. The number of aromatic nitrogens is 3. The Morgan fingerprint density at radius 1 is 1.37 bits per heavy atom. The lowest BCUT2D eigenvalue weighted by atomic mass is 10.2. The van der Waals surface area contributed by atoms with Crippen LogP contribution in [-0.2, 0) is 0 Å². The first-order chi connectivity index (χ1) is 9.22. The molecule has 0 unspecified atom stereocenters. The van der Waals surface area contributed by atoms with E-state index >= 15 is 0 Å². The van der Waals surface area contributed by atoms with Gasteiger partial charge in [0.1, 0.15) is 6.20 Å². The summed E-state index contributed by atoms with van der Waals surface area (Å²) in [5.74, 6) is 0.704. The Labute approximate surface area is 108 Å². The summed E-state index contributed by atoms with van der Waals surface area (Å²) in [5.41, 5.74) is -0.0709. The molecule has 1 N–H and O–H groups in total. The van der Waals surface area contributed by atoms with Gasteiger partial charge in [0.05, 0.1) is 11.0 Å². The van der Waals surface area contributed by atoms with Crippen molar-refractivity contribution in [1.29, 1.82) is 0 Å². The molecule has 98 valence electrons. The van der Waals surface area contributed by atoms with Gasteiger partial charge in [0.15, 0.2) is 0 Å². The molecule has 1 aliphatic rings. The van der Waals surface area contributed by atoms with E-state index < -0.39 is 4.92 Å². The van der Waals surface area contributed by atoms with E-state index in [1.165, 1.54) is 12.1 Å². The zero-order chi connectivity index (χ0) is 13.2.